The Morgan fingerprint density at radius 1 is 1.00 bits per heavy atom. The van der Waals surface area contributed by atoms with E-state index in [2.05, 4.69) is 30.9 Å². The van der Waals surface area contributed by atoms with Crippen molar-refractivity contribution in [1.29, 1.82) is 0 Å². The van der Waals surface area contributed by atoms with Crippen LogP contribution in [0.4, 0.5) is 0 Å². The molecule has 26 heavy (non-hydrogen) atoms. The lowest BCUT2D eigenvalue weighted by molar-refractivity contribution is 0.0359. The first-order chi connectivity index (χ1) is 12.7. The van der Waals surface area contributed by atoms with Crippen LogP contribution in [0.2, 0.25) is 0 Å². The van der Waals surface area contributed by atoms with Crippen LogP contribution < -0.4 is 4.74 Å². The number of nitrogens with zero attached hydrogens (tertiary/aromatic N) is 1. The van der Waals surface area contributed by atoms with Crippen LogP contribution in [0.25, 0.3) is 0 Å². The van der Waals surface area contributed by atoms with Gasteiger partial charge in [-0.15, -0.1) is 0 Å². The molecule has 0 heterocycles. The Labute approximate surface area is 156 Å². The fourth-order valence-corrected chi connectivity index (χ4v) is 3.05. The van der Waals surface area contributed by atoms with Gasteiger partial charge >= 0.3 is 5.97 Å². The van der Waals surface area contributed by atoms with Crippen LogP contribution in [-0.4, -0.2) is 43.2 Å². The maximum atomic E-state index is 12.5. The zero-order valence-corrected chi connectivity index (χ0v) is 16.0. The molecular formula is C22H29NO3. The van der Waals surface area contributed by atoms with E-state index < -0.39 is 0 Å². The van der Waals surface area contributed by atoms with Gasteiger partial charge in [-0.1, -0.05) is 50.2 Å². The summed E-state index contributed by atoms with van der Waals surface area (Å²) in [4.78, 5) is 14.8. The number of carbonyl (C=O) groups excluding carboxylic acids is 1. The molecule has 0 N–H and O–H groups in total. The van der Waals surface area contributed by atoms with Gasteiger partial charge in [0.05, 0.1) is 12.2 Å². The van der Waals surface area contributed by atoms with E-state index >= 15 is 0 Å². The molecule has 0 aliphatic rings. The fraction of sp³-hybridized carbons (Fsp3) is 0.409. The molecule has 0 fully saturated rings. The third-order valence-electron chi connectivity index (χ3n) is 4.43. The second kappa shape index (κ2) is 10.6. The van der Waals surface area contributed by atoms with Crippen molar-refractivity contribution in [2.24, 2.45) is 0 Å². The van der Waals surface area contributed by atoms with Crippen LogP contribution >= 0.6 is 0 Å². The van der Waals surface area contributed by atoms with Crippen molar-refractivity contribution in [2.75, 3.05) is 26.3 Å². The third kappa shape index (κ3) is 5.88. The lowest BCUT2D eigenvalue weighted by atomic mass is 10.1. The standard InChI is InChI=1S/C22H29NO3/c1-4-23(5-2)20(15-18-11-8-7-9-12-18)17-26-22(24)19-13-10-14-21(16-19)25-6-3/h7-14,16,20H,4-6,15,17H2,1-3H3/t20-/m0/s1. The summed E-state index contributed by atoms with van der Waals surface area (Å²) < 4.78 is 11.1. The van der Waals surface area contributed by atoms with Crippen LogP contribution in [-0.2, 0) is 11.2 Å². The molecule has 0 unspecified atom stereocenters. The van der Waals surface area contributed by atoms with Crippen LogP contribution in [0.1, 0.15) is 36.7 Å². The van der Waals surface area contributed by atoms with Crippen molar-refractivity contribution in [2.45, 2.75) is 33.2 Å². The minimum Gasteiger partial charge on any atom is -0.494 e. The van der Waals surface area contributed by atoms with Gasteiger partial charge < -0.3 is 9.47 Å². The topological polar surface area (TPSA) is 38.8 Å². The third-order valence-corrected chi connectivity index (χ3v) is 4.43. The quantitative estimate of drug-likeness (QED) is 0.599. The molecule has 2 aromatic carbocycles. The Bertz CT molecular complexity index is 668. The number of esters is 1. The minimum absolute atomic E-state index is 0.159. The van der Waals surface area contributed by atoms with E-state index in [0.717, 1.165) is 19.5 Å². The number of hydrogen-bond donors (Lipinski definition) is 0. The SMILES string of the molecule is CCOc1cccc(C(=O)OC[C@H](Cc2ccccc2)N(CC)CC)c1. The van der Waals surface area contributed by atoms with Gasteiger partial charge in [0.1, 0.15) is 12.4 Å². The normalized spacial score (nSPS) is 12.0. The Morgan fingerprint density at radius 3 is 2.38 bits per heavy atom. The Hall–Kier alpha value is -2.33. The number of likely N-dealkylation sites (N-methyl/N-ethyl adjacent to an activating group) is 1. The van der Waals surface area contributed by atoms with Crippen LogP contribution in [0.3, 0.4) is 0 Å². The molecule has 2 rings (SSSR count). The molecule has 1 atom stereocenters. The average Bonchev–Trinajstić information content (AvgIpc) is 2.68. The molecule has 0 radical (unpaired) electrons. The summed E-state index contributed by atoms with van der Waals surface area (Å²) >= 11 is 0. The van der Waals surface area contributed by atoms with Gasteiger partial charge in [0.25, 0.3) is 0 Å². The second-order valence-electron chi connectivity index (χ2n) is 6.12. The van der Waals surface area contributed by atoms with Gasteiger partial charge in [0.15, 0.2) is 0 Å². The number of rotatable bonds is 10. The molecule has 0 saturated heterocycles. The maximum Gasteiger partial charge on any atom is 0.338 e. The minimum atomic E-state index is -0.309. The Kier molecular flexibility index (Phi) is 8.16. The summed E-state index contributed by atoms with van der Waals surface area (Å²) in [7, 11) is 0. The number of benzene rings is 2. The van der Waals surface area contributed by atoms with Crippen LogP contribution in [0.5, 0.6) is 5.75 Å². The highest BCUT2D eigenvalue weighted by Crippen LogP contribution is 2.15. The smallest absolute Gasteiger partial charge is 0.338 e. The molecule has 0 spiro atoms. The van der Waals surface area contributed by atoms with E-state index in [-0.39, 0.29) is 12.0 Å². The molecule has 140 valence electrons. The Balaban J connectivity index is 2.03. The van der Waals surface area contributed by atoms with Gasteiger partial charge in [-0.05, 0) is 50.2 Å². The van der Waals surface area contributed by atoms with E-state index in [4.69, 9.17) is 9.47 Å². The van der Waals surface area contributed by atoms with E-state index in [1.165, 1.54) is 5.56 Å². The van der Waals surface area contributed by atoms with Crippen molar-refractivity contribution >= 4 is 5.97 Å². The number of ether oxygens (including phenoxy) is 2. The maximum absolute atomic E-state index is 12.5. The average molecular weight is 355 g/mol. The lowest BCUT2D eigenvalue weighted by Crippen LogP contribution is -2.40. The van der Waals surface area contributed by atoms with Crippen molar-refractivity contribution in [3.05, 3.63) is 65.7 Å². The zero-order chi connectivity index (χ0) is 18.8. The molecular weight excluding hydrogens is 326 g/mol. The highest BCUT2D eigenvalue weighted by atomic mass is 16.5. The van der Waals surface area contributed by atoms with Gasteiger partial charge in [-0.2, -0.15) is 0 Å². The summed E-state index contributed by atoms with van der Waals surface area (Å²) in [5.41, 5.74) is 1.77. The summed E-state index contributed by atoms with van der Waals surface area (Å²) in [6.45, 7) is 8.97. The first-order valence-corrected chi connectivity index (χ1v) is 9.35. The van der Waals surface area contributed by atoms with E-state index in [1.807, 2.05) is 37.3 Å². The highest BCUT2D eigenvalue weighted by Gasteiger charge is 2.19. The molecule has 0 bridgehead atoms. The van der Waals surface area contributed by atoms with Crippen LogP contribution in [0, 0.1) is 0 Å². The van der Waals surface area contributed by atoms with Gasteiger partial charge in [0, 0.05) is 6.04 Å². The monoisotopic (exact) mass is 355 g/mol. The first-order valence-electron chi connectivity index (χ1n) is 9.35. The zero-order valence-electron chi connectivity index (χ0n) is 16.0. The van der Waals surface area contributed by atoms with Gasteiger partial charge in [0.2, 0.25) is 0 Å². The predicted octanol–water partition coefficient (Wildman–Crippen LogP) is 4.20. The summed E-state index contributed by atoms with van der Waals surface area (Å²) in [5.74, 6) is 0.378. The largest absolute Gasteiger partial charge is 0.494 e. The lowest BCUT2D eigenvalue weighted by Gasteiger charge is -2.29. The summed E-state index contributed by atoms with van der Waals surface area (Å²) in [5, 5.41) is 0. The molecule has 0 aromatic heterocycles. The summed E-state index contributed by atoms with van der Waals surface area (Å²) in [6.07, 6.45) is 0.856. The molecule has 2 aromatic rings. The fourth-order valence-electron chi connectivity index (χ4n) is 3.05. The Morgan fingerprint density at radius 2 is 1.73 bits per heavy atom. The number of hydrogen-bond acceptors (Lipinski definition) is 4. The van der Waals surface area contributed by atoms with Crippen molar-refractivity contribution in [3.8, 4) is 5.75 Å². The predicted molar refractivity (Wildman–Crippen MR) is 105 cm³/mol. The molecule has 0 aliphatic carbocycles. The highest BCUT2D eigenvalue weighted by molar-refractivity contribution is 5.89. The van der Waals surface area contributed by atoms with Gasteiger partial charge in [-0.3, -0.25) is 4.90 Å². The van der Waals surface area contributed by atoms with Crippen molar-refractivity contribution < 1.29 is 14.3 Å². The number of carbonyl (C=O) groups is 1. The van der Waals surface area contributed by atoms with Crippen molar-refractivity contribution in [1.82, 2.24) is 4.90 Å². The van der Waals surface area contributed by atoms with Crippen LogP contribution in [0.15, 0.2) is 54.6 Å². The van der Waals surface area contributed by atoms with Crippen molar-refractivity contribution in [3.63, 3.8) is 0 Å². The van der Waals surface area contributed by atoms with Gasteiger partial charge in [-0.25, -0.2) is 4.79 Å². The molecule has 4 heteroatoms. The van der Waals surface area contributed by atoms with E-state index in [0.29, 0.717) is 24.5 Å². The second-order valence-corrected chi connectivity index (χ2v) is 6.12. The van der Waals surface area contributed by atoms with E-state index in [1.54, 1.807) is 12.1 Å². The molecule has 4 nitrogen and oxygen atoms in total. The molecule has 0 aliphatic heterocycles. The first kappa shape index (κ1) is 20.0. The molecule has 0 amide bonds. The summed E-state index contributed by atoms with van der Waals surface area (Å²) in [6, 6.07) is 17.6. The van der Waals surface area contributed by atoms with E-state index in [9.17, 15) is 4.79 Å². The molecule has 0 saturated carbocycles.